The van der Waals surface area contributed by atoms with E-state index in [2.05, 4.69) is 10.3 Å². The molecule has 12 nitrogen and oxygen atoms in total. The van der Waals surface area contributed by atoms with Gasteiger partial charge >= 0.3 is 24.1 Å². The van der Waals surface area contributed by atoms with Gasteiger partial charge in [0.1, 0.15) is 12.2 Å². The zero-order valence-electron chi connectivity index (χ0n) is 24.8. The molecule has 45 heavy (non-hydrogen) atoms. The fraction of sp³-hybridized carbons (Fsp3) is 0.500. The largest absolute Gasteiger partial charge is 0.493 e. The van der Waals surface area contributed by atoms with Gasteiger partial charge < -0.3 is 33.7 Å². The van der Waals surface area contributed by atoms with Crippen LogP contribution in [0.1, 0.15) is 48.3 Å². The zero-order valence-corrected chi connectivity index (χ0v) is 24.8. The first-order valence-electron chi connectivity index (χ1n) is 14.1. The Labute approximate surface area is 256 Å². The van der Waals surface area contributed by atoms with Crippen LogP contribution in [-0.2, 0) is 45.9 Å². The number of benzene rings is 1. The molecule has 1 N–H and O–H groups in total. The van der Waals surface area contributed by atoms with Gasteiger partial charge in [-0.2, -0.15) is 13.2 Å². The van der Waals surface area contributed by atoms with Crippen molar-refractivity contribution < 1.29 is 60.8 Å². The number of rotatable bonds is 10. The number of halogens is 3. The second-order valence-electron chi connectivity index (χ2n) is 10.6. The lowest BCUT2D eigenvalue weighted by Crippen LogP contribution is -2.47. The standard InChI is InChI=1S/C30H33F3N2O10/c1-16-25(45-28(38)19-6-7-19)20(12-18-4-8-21(9-5-18)30(31,32)33)13-41-14-22(29(39)44-16)35-27(37)24-26(43-15-42-17(2)36)23(40-3)10-11-34-24/h4-5,8-11,16,19-20,22,25H,6-7,12-15H2,1-3H3,(H,35,37)/t16-,20-,22-,25-/m0/s1. The van der Waals surface area contributed by atoms with Crippen molar-refractivity contribution >= 4 is 23.8 Å². The van der Waals surface area contributed by atoms with Crippen molar-refractivity contribution in [3.63, 3.8) is 0 Å². The molecule has 1 aliphatic carbocycles. The molecule has 1 saturated carbocycles. The molecule has 0 spiro atoms. The summed E-state index contributed by atoms with van der Waals surface area (Å²) in [6.45, 7) is 1.73. The summed E-state index contributed by atoms with van der Waals surface area (Å²) < 4.78 is 71.9. The van der Waals surface area contributed by atoms with Crippen molar-refractivity contribution in [3.05, 3.63) is 53.3 Å². The van der Waals surface area contributed by atoms with E-state index in [1.165, 1.54) is 45.4 Å². The van der Waals surface area contributed by atoms with Gasteiger partial charge in [-0.05, 0) is 43.9 Å². The van der Waals surface area contributed by atoms with Gasteiger partial charge in [-0.1, -0.05) is 12.1 Å². The van der Waals surface area contributed by atoms with Crippen LogP contribution in [0.3, 0.4) is 0 Å². The summed E-state index contributed by atoms with van der Waals surface area (Å²) in [5, 5.41) is 2.50. The van der Waals surface area contributed by atoms with Crippen LogP contribution < -0.4 is 14.8 Å². The third-order valence-corrected chi connectivity index (χ3v) is 7.15. The molecule has 2 aliphatic rings. The minimum absolute atomic E-state index is 0.0782. The topological polar surface area (TPSA) is 149 Å². The van der Waals surface area contributed by atoms with Crippen molar-refractivity contribution in [1.82, 2.24) is 10.3 Å². The monoisotopic (exact) mass is 638 g/mol. The fourth-order valence-electron chi connectivity index (χ4n) is 4.66. The smallest absolute Gasteiger partial charge is 0.416 e. The van der Waals surface area contributed by atoms with Crippen molar-refractivity contribution in [1.29, 1.82) is 0 Å². The number of cyclic esters (lactones) is 1. The summed E-state index contributed by atoms with van der Waals surface area (Å²) in [6.07, 6.45) is -3.73. The Bertz CT molecular complexity index is 1380. The van der Waals surface area contributed by atoms with Crippen LogP contribution in [-0.4, -0.2) is 74.2 Å². The van der Waals surface area contributed by atoms with Gasteiger partial charge in [0.25, 0.3) is 5.91 Å². The molecule has 4 rings (SSSR count). The number of pyridine rings is 1. The maximum absolute atomic E-state index is 13.3. The third kappa shape index (κ3) is 9.06. The Morgan fingerprint density at radius 1 is 1.09 bits per heavy atom. The van der Waals surface area contributed by atoms with E-state index < -0.39 is 66.5 Å². The predicted molar refractivity (Wildman–Crippen MR) is 147 cm³/mol. The summed E-state index contributed by atoms with van der Waals surface area (Å²) in [6, 6.07) is 4.66. The van der Waals surface area contributed by atoms with E-state index in [-0.39, 0.29) is 42.7 Å². The highest BCUT2D eigenvalue weighted by Gasteiger charge is 2.41. The van der Waals surface area contributed by atoms with Crippen LogP contribution in [0.15, 0.2) is 36.5 Å². The molecule has 2 fully saturated rings. The summed E-state index contributed by atoms with van der Waals surface area (Å²) >= 11 is 0. The van der Waals surface area contributed by atoms with Crippen LogP contribution in [0.25, 0.3) is 0 Å². The highest BCUT2D eigenvalue weighted by molar-refractivity contribution is 5.98. The van der Waals surface area contributed by atoms with E-state index >= 15 is 0 Å². The highest BCUT2D eigenvalue weighted by atomic mass is 19.4. The number of aromatic nitrogens is 1. The molecule has 1 aromatic carbocycles. The molecule has 2 aromatic rings. The summed E-state index contributed by atoms with van der Waals surface area (Å²) in [5.41, 5.74) is -0.559. The number of carbonyl (C=O) groups is 4. The molecule has 1 aliphatic heterocycles. The lowest BCUT2D eigenvalue weighted by Gasteiger charge is -2.30. The Hall–Kier alpha value is -4.40. The van der Waals surface area contributed by atoms with Gasteiger partial charge in [0, 0.05) is 25.1 Å². The van der Waals surface area contributed by atoms with E-state index in [0.717, 1.165) is 12.1 Å². The number of hydrogen-bond acceptors (Lipinski definition) is 11. The molecule has 1 amide bonds. The first-order chi connectivity index (χ1) is 21.4. The van der Waals surface area contributed by atoms with Gasteiger partial charge in [-0.3, -0.25) is 14.4 Å². The first-order valence-corrected chi connectivity index (χ1v) is 14.1. The normalized spacial score (nSPS) is 22.1. The molecule has 2 heterocycles. The predicted octanol–water partition coefficient (Wildman–Crippen LogP) is 3.25. The van der Waals surface area contributed by atoms with E-state index in [1.54, 1.807) is 0 Å². The van der Waals surface area contributed by atoms with E-state index in [9.17, 15) is 32.3 Å². The van der Waals surface area contributed by atoms with Crippen LogP contribution in [0.2, 0.25) is 0 Å². The summed E-state index contributed by atoms with van der Waals surface area (Å²) in [5.74, 6) is -3.75. The number of amides is 1. The molecule has 1 aromatic heterocycles. The van der Waals surface area contributed by atoms with Crippen molar-refractivity contribution in [2.45, 2.75) is 57.5 Å². The summed E-state index contributed by atoms with van der Waals surface area (Å²) in [7, 11) is 1.33. The van der Waals surface area contributed by atoms with Crippen LogP contribution in [0, 0.1) is 11.8 Å². The molecule has 0 unspecified atom stereocenters. The Morgan fingerprint density at radius 2 is 1.80 bits per heavy atom. The molecule has 244 valence electrons. The molecule has 0 radical (unpaired) electrons. The SMILES string of the molecule is COc1ccnc(C(=O)N[C@H]2COC[C@H](Cc3ccc(C(F)(F)F)cc3)[C@@H](OC(=O)C3CC3)[C@H](C)OC2=O)c1OCOC(C)=O. The molecule has 1 saturated heterocycles. The number of methoxy groups -OCH3 is 1. The van der Waals surface area contributed by atoms with E-state index in [4.69, 9.17) is 28.4 Å². The molecule has 0 bridgehead atoms. The first kappa shape index (κ1) is 33.5. The maximum atomic E-state index is 13.3. The average molecular weight is 639 g/mol. The van der Waals surface area contributed by atoms with Gasteiger partial charge in [0.05, 0.1) is 31.8 Å². The van der Waals surface area contributed by atoms with Gasteiger partial charge in [0.2, 0.25) is 6.79 Å². The number of hydrogen-bond donors (Lipinski definition) is 1. The van der Waals surface area contributed by atoms with Crippen molar-refractivity contribution in [2.75, 3.05) is 27.1 Å². The highest BCUT2D eigenvalue weighted by Crippen LogP contribution is 2.34. The number of nitrogens with zero attached hydrogens (tertiary/aromatic N) is 1. The second-order valence-corrected chi connectivity index (χ2v) is 10.6. The van der Waals surface area contributed by atoms with Crippen LogP contribution in [0.5, 0.6) is 11.5 Å². The molecular formula is C30H33F3N2O10. The third-order valence-electron chi connectivity index (χ3n) is 7.15. The van der Waals surface area contributed by atoms with Gasteiger partial charge in [0.15, 0.2) is 23.2 Å². The van der Waals surface area contributed by atoms with Gasteiger partial charge in [-0.15, -0.1) is 0 Å². The fourth-order valence-corrected chi connectivity index (χ4v) is 4.66. The quantitative estimate of drug-likeness (QED) is 0.232. The molecule has 15 heteroatoms. The maximum Gasteiger partial charge on any atom is 0.416 e. The van der Waals surface area contributed by atoms with E-state index in [1.807, 2.05) is 0 Å². The van der Waals surface area contributed by atoms with Crippen LogP contribution in [0.4, 0.5) is 13.2 Å². The molecular weight excluding hydrogens is 605 g/mol. The van der Waals surface area contributed by atoms with Crippen molar-refractivity contribution in [2.24, 2.45) is 11.8 Å². The number of ether oxygens (including phenoxy) is 6. The lowest BCUT2D eigenvalue weighted by molar-refractivity contribution is -0.172. The Morgan fingerprint density at radius 3 is 2.42 bits per heavy atom. The van der Waals surface area contributed by atoms with E-state index in [0.29, 0.717) is 18.4 Å². The van der Waals surface area contributed by atoms with Crippen molar-refractivity contribution in [3.8, 4) is 11.5 Å². The number of alkyl halides is 3. The lowest BCUT2D eigenvalue weighted by atomic mass is 9.91. The minimum atomic E-state index is -4.50. The average Bonchev–Trinajstić information content (AvgIpc) is 3.83. The Kier molecular flexibility index (Phi) is 10.9. The number of esters is 3. The zero-order chi connectivity index (χ0) is 32.7. The van der Waals surface area contributed by atoms with Crippen LogP contribution >= 0.6 is 0 Å². The molecule has 4 atom stereocenters. The number of nitrogens with one attached hydrogen (secondary N) is 1. The summed E-state index contributed by atoms with van der Waals surface area (Å²) in [4.78, 5) is 54.3. The second kappa shape index (κ2) is 14.6. The Balaban J connectivity index is 1.52. The van der Waals surface area contributed by atoms with Gasteiger partial charge in [-0.25, -0.2) is 9.78 Å². The number of carbonyl (C=O) groups excluding carboxylic acids is 4. The minimum Gasteiger partial charge on any atom is -0.493 e.